The Kier molecular flexibility index (Phi) is 25.7. The van der Waals surface area contributed by atoms with Crippen molar-refractivity contribution in [1.29, 1.82) is 0 Å². The highest BCUT2D eigenvalue weighted by Gasteiger charge is 2.43. The normalized spacial score (nSPS) is 21.8. The molecule has 6 amide bonds. The summed E-state index contributed by atoms with van der Waals surface area (Å²) in [7, 11) is 1.45. The Morgan fingerprint density at radius 2 is 1.29 bits per heavy atom. The van der Waals surface area contributed by atoms with E-state index in [2.05, 4.69) is 36.9 Å². The number of aliphatic imine (C=N–C) groups is 1. The van der Waals surface area contributed by atoms with Gasteiger partial charge in [-0.1, -0.05) is 48.6 Å². The molecule has 470 valence electrons. The second-order valence-electron chi connectivity index (χ2n) is 21.9. The van der Waals surface area contributed by atoms with Crippen LogP contribution in [0.3, 0.4) is 0 Å². The number of carboxylic acid groups (broad SMARTS) is 3. The molecule has 2 saturated heterocycles. The van der Waals surface area contributed by atoms with E-state index in [1.165, 1.54) is 48.3 Å². The zero-order chi connectivity index (χ0) is 63.0. The van der Waals surface area contributed by atoms with E-state index < -0.39 is 83.7 Å². The van der Waals surface area contributed by atoms with Crippen LogP contribution in [-0.4, -0.2) is 240 Å². The minimum Gasteiger partial charge on any atom is -0.508 e. The number of phenols is 1. The fourth-order valence-electron chi connectivity index (χ4n) is 10.7. The van der Waals surface area contributed by atoms with Crippen LogP contribution in [0.2, 0.25) is 0 Å². The number of allylic oxidation sites excluding steroid dienone is 1. The molecule has 6 rings (SSSR count). The van der Waals surface area contributed by atoms with Gasteiger partial charge in [0.1, 0.15) is 17.8 Å². The third-order valence-corrected chi connectivity index (χ3v) is 15.4. The number of hydrogen-bond acceptors (Lipinski definition) is 17. The van der Waals surface area contributed by atoms with Crippen LogP contribution in [0.1, 0.15) is 59.2 Å². The highest BCUT2D eigenvalue weighted by Crippen LogP contribution is 2.27. The predicted octanol–water partition coefficient (Wildman–Crippen LogP) is -1.70. The van der Waals surface area contributed by atoms with Gasteiger partial charge in [-0.2, -0.15) is 0 Å². The maximum atomic E-state index is 14.9. The number of carbonyl (C=O) groups is 10. The molecule has 1 aliphatic carbocycles. The minimum absolute atomic E-state index is 0.00616. The van der Waals surface area contributed by atoms with Crippen molar-refractivity contribution >= 4 is 77.4 Å². The number of phenolic OH excluding ortho intramolecular Hbond substituents is 1. The third kappa shape index (κ3) is 21.9. The van der Waals surface area contributed by atoms with Crippen LogP contribution in [0.25, 0.3) is 6.08 Å². The second-order valence-corrected chi connectivity index (χ2v) is 21.9. The number of aromatic hydroxyl groups is 1. The number of likely N-dealkylation sites (N-methyl/N-ethyl adjacent to an activating group) is 1. The number of nitrogens with zero attached hydrogens (tertiary/aromatic N) is 6. The van der Waals surface area contributed by atoms with Crippen LogP contribution in [0.4, 0.5) is 5.69 Å². The number of amides is 6. The number of rotatable bonds is 23. The van der Waals surface area contributed by atoms with Gasteiger partial charge in [0, 0.05) is 83.1 Å². The maximum absolute atomic E-state index is 14.9. The molecule has 2 fully saturated rings. The van der Waals surface area contributed by atoms with Gasteiger partial charge in [-0.3, -0.25) is 77.4 Å². The fraction of sp³-hybridized carbons (Fsp3) is 0.475. The molecule has 1 unspecified atom stereocenters. The minimum atomic E-state index is -1.97. The van der Waals surface area contributed by atoms with Gasteiger partial charge in [-0.05, 0) is 105 Å². The lowest BCUT2D eigenvalue weighted by atomic mass is 9.85. The maximum Gasteiger partial charge on any atom is 0.317 e. The molecule has 0 spiro atoms. The molecule has 0 radical (unpaired) electrons. The Morgan fingerprint density at radius 3 is 1.86 bits per heavy atom. The fourth-order valence-corrected chi connectivity index (χ4v) is 10.7. The van der Waals surface area contributed by atoms with E-state index in [4.69, 9.17) is 11.5 Å². The molecule has 0 saturated carbocycles. The topological polar surface area (TPSA) is 404 Å². The summed E-state index contributed by atoms with van der Waals surface area (Å²) in [6.45, 7) is 0.130. The van der Waals surface area contributed by atoms with Crippen molar-refractivity contribution in [3.63, 3.8) is 0 Å². The van der Waals surface area contributed by atoms with Crippen LogP contribution in [0.15, 0.2) is 83.9 Å². The van der Waals surface area contributed by atoms with Crippen molar-refractivity contribution in [2.45, 2.75) is 68.7 Å². The molecule has 3 aromatic carbocycles. The van der Waals surface area contributed by atoms with E-state index in [-0.39, 0.29) is 153 Å². The predicted molar refractivity (Wildman–Crippen MR) is 320 cm³/mol. The number of nitrogens with one attached hydrogen (secondary N) is 6. The molecule has 2 heterocycles. The SMILES string of the molecule is CN1[C@H](CCCNC(=O)c2ccc(NC(=O)CN3CCN(CC(=O)O)CCN(CC(=O)O)CCN(CC(=O)O)CC3)cc2)C(=O)N[C@@H](CCCN=C(N)N)C(=O)N[C@@H](CC2C=Cc3ccccc3C2)C(=O)NCC(=O)N[C@@]1(C=O)Cc1ccc(O)cc1. The summed E-state index contributed by atoms with van der Waals surface area (Å²) in [6.07, 6.45) is 5.15. The van der Waals surface area contributed by atoms with Gasteiger partial charge in [0.05, 0.1) is 38.8 Å². The lowest BCUT2D eigenvalue weighted by Gasteiger charge is -2.42. The van der Waals surface area contributed by atoms with E-state index in [9.17, 15) is 68.4 Å². The number of nitrogens with two attached hydrogens (primary N) is 2. The third-order valence-electron chi connectivity index (χ3n) is 15.4. The number of fused-ring (bicyclic) bond motifs is 1. The van der Waals surface area contributed by atoms with E-state index in [0.29, 0.717) is 24.0 Å². The number of benzene rings is 3. The lowest BCUT2D eigenvalue weighted by molar-refractivity contribution is -0.141. The highest BCUT2D eigenvalue weighted by atomic mass is 16.4. The van der Waals surface area contributed by atoms with Gasteiger partial charge in [0.15, 0.2) is 17.9 Å². The van der Waals surface area contributed by atoms with Crippen molar-refractivity contribution < 1.29 is 68.4 Å². The first-order valence-electron chi connectivity index (χ1n) is 28.8. The van der Waals surface area contributed by atoms with Crippen molar-refractivity contribution in [3.8, 4) is 5.75 Å². The molecule has 0 aromatic heterocycles. The van der Waals surface area contributed by atoms with Crippen LogP contribution >= 0.6 is 0 Å². The highest BCUT2D eigenvalue weighted by molar-refractivity contribution is 5.97. The zero-order valence-corrected chi connectivity index (χ0v) is 48.7. The number of guanidine groups is 1. The van der Waals surface area contributed by atoms with Crippen LogP contribution in [0, 0.1) is 5.92 Å². The summed E-state index contributed by atoms with van der Waals surface area (Å²) in [5.74, 6) is -7.53. The second kappa shape index (κ2) is 33.2. The average molecular weight is 1210 g/mol. The smallest absolute Gasteiger partial charge is 0.317 e. The molecule has 3 aromatic rings. The average Bonchev–Trinajstić information content (AvgIpc) is 1.64. The van der Waals surface area contributed by atoms with Crippen LogP contribution in [-0.2, 0) is 56.0 Å². The van der Waals surface area contributed by atoms with Crippen LogP contribution in [0.5, 0.6) is 5.75 Å². The molecule has 28 heteroatoms. The van der Waals surface area contributed by atoms with Gasteiger partial charge in [0.2, 0.25) is 29.5 Å². The zero-order valence-electron chi connectivity index (χ0n) is 48.7. The van der Waals surface area contributed by atoms with E-state index in [1.807, 2.05) is 36.4 Å². The Morgan fingerprint density at radius 1 is 0.713 bits per heavy atom. The number of carboxylic acids is 3. The first kappa shape index (κ1) is 67.3. The first-order chi connectivity index (χ1) is 41.6. The number of carbonyl (C=O) groups excluding carboxylic acids is 7. The van der Waals surface area contributed by atoms with Crippen molar-refractivity contribution in [2.24, 2.45) is 22.4 Å². The van der Waals surface area contributed by atoms with Gasteiger partial charge < -0.3 is 63.8 Å². The van der Waals surface area contributed by atoms with Gasteiger partial charge in [-0.25, -0.2) is 0 Å². The molecule has 3 aliphatic rings. The largest absolute Gasteiger partial charge is 0.508 e. The standard InChI is InChI=1S/C59H80N14O14/c1-69-48(9-5-20-62-54(84)42-14-16-44(17-15-42)65-50(77)34-70-22-24-71(35-51(78)79)26-28-73(37-53(82)83)29-27-72(25-23-70)36-52(80)81)57(87)66-46(8-4-21-63-58(60)61)56(86)67-47(31-40-10-13-41-6-2-3-7-43(41)30-40)55(85)64-33-49(76)68-59(69,38-74)32-39-11-18-45(75)19-12-39/h2-3,6-7,10-19,38,40,46-48,75H,4-5,8-9,20-37H2,1H3,(H,62,84)(H,64,85)(H,65,77)(H,66,87)(H,67,86)(H,68,76)(H,78,79)(H,80,81)(H,82,83)(H4,60,61,63)/t40?,46-,47-,48+,59-/m0/s1. The van der Waals surface area contributed by atoms with E-state index in [1.54, 1.807) is 31.7 Å². The van der Waals surface area contributed by atoms with Crippen molar-refractivity contribution in [3.05, 3.63) is 101 Å². The molecule has 2 aliphatic heterocycles. The summed E-state index contributed by atoms with van der Waals surface area (Å²) in [5, 5.41) is 55.5. The van der Waals surface area contributed by atoms with Gasteiger partial charge in [-0.15, -0.1) is 0 Å². The number of hydrogen-bond donors (Lipinski definition) is 12. The van der Waals surface area contributed by atoms with Crippen LogP contribution < -0.4 is 43.4 Å². The molecule has 87 heavy (non-hydrogen) atoms. The Labute approximate surface area is 503 Å². The summed E-state index contributed by atoms with van der Waals surface area (Å²) in [5.41, 5.74) is 12.3. The van der Waals surface area contributed by atoms with Crippen molar-refractivity contribution in [1.82, 2.24) is 51.1 Å². The van der Waals surface area contributed by atoms with Gasteiger partial charge in [0.25, 0.3) is 5.91 Å². The first-order valence-corrected chi connectivity index (χ1v) is 28.8. The molecule has 5 atom stereocenters. The summed E-state index contributed by atoms with van der Waals surface area (Å²) in [4.78, 5) is 145. The lowest BCUT2D eigenvalue weighted by Crippen LogP contribution is -2.68. The summed E-state index contributed by atoms with van der Waals surface area (Å²) >= 11 is 0. The molecule has 28 nitrogen and oxygen atoms in total. The van der Waals surface area contributed by atoms with E-state index >= 15 is 0 Å². The Bertz CT molecular complexity index is 2930. The number of anilines is 1. The number of aldehydes is 1. The van der Waals surface area contributed by atoms with Crippen molar-refractivity contribution in [2.75, 3.05) is 111 Å². The quantitative estimate of drug-likeness (QED) is 0.0218. The molecule has 0 bridgehead atoms. The molecular formula is C59H80N14O14. The van der Waals surface area contributed by atoms with E-state index in [0.717, 1.165) is 11.1 Å². The Balaban J connectivity index is 1.16. The summed E-state index contributed by atoms with van der Waals surface area (Å²) < 4.78 is 0. The molecular weight excluding hydrogens is 1130 g/mol. The van der Waals surface area contributed by atoms with Gasteiger partial charge >= 0.3 is 17.9 Å². The Hall–Kier alpha value is -8.83. The number of aliphatic carboxylic acids is 3. The monoisotopic (exact) mass is 1210 g/mol. The molecule has 14 N–H and O–H groups in total. The summed E-state index contributed by atoms with van der Waals surface area (Å²) in [6, 6.07) is 16.0.